The molecule has 0 radical (unpaired) electrons. The predicted molar refractivity (Wildman–Crippen MR) is 43.2 cm³/mol. The lowest BCUT2D eigenvalue weighted by molar-refractivity contribution is -0.252. The van der Waals surface area contributed by atoms with Gasteiger partial charge in [-0.15, -0.1) is 0 Å². The third-order valence-corrected chi connectivity index (χ3v) is 2.50. The lowest BCUT2D eigenvalue weighted by Gasteiger charge is -2.36. The molecule has 2 saturated heterocycles. The Kier molecular flexibility index (Phi) is 2.74. The molecule has 0 amide bonds. The molecule has 6 heteroatoms. The second kappa shape index (κ2) is 3.73. The highest BCUT2D eigenvalue weighted by molar-refractivity contribution is 4.91. The molecule has 0 spiro atoms. The summed E-state index contributed by atoms with van der Waals surface area (Å²) in [7, 11) is 0. The highest BCUT2D eigenvalue weighted by Crippen LogP contribution is 2.30. The molecule has 14 heavy (non-hydrogen) atoms. The van der Waals surface area contributed by atoms with Crippen LogP contribution in [0.2, 0.25) is 0 Å². The molecule has 0 aromatic heterocycles. The van der Waals surface area contributed by atoms with Gasteiger partial charge in [-0.2, -0.15) is 0 Å². The van der Waals surface area contributed by atoms with E-state index in [0.717, 1.165) is 0 Å². The zero-order valence-electron chi connectivity index (χ0n) is 7.74. The number of ether oxygens (including phenoxy) is 3. The third kappa shape index (κ3) is 1.54. The average Bonchev–Trinajstić information content (AvgIpc) is 2.52. The molecule has 3 N–H and O–H groups in total. The van der Waals surface area contributed by atoms with Gasteiger partial charge >= 0.3 is 0 Å². The second-order valence-corrected chi connectivity index (χ2v) is 3.51. The molecule has 1 unspecified atom stereocenters. The molecule has 6 atom stereocenters. The maximum atomic E-state index is 9.62. The molecule has 2 fully saturated rings. The number of aliphatic hydroxyl groups is 3. The van der Waals surface area contributed by atoms with Gasteiger partial charge in [0.15, 0.2) is 12.6 Å². The van der Waals surface area contributed by atoms with Crippen molar-refractivity contribution in [2.75, 3.05) is 6.61 Å². The first-order chi connectivity index (χ1) is 6.63. The van der Waals surface area contributed by atoms with E-state index in [1.165, 1.54) is 0 Å². The Morgan fingerprint density at radius 1 is 1.07 bits per heavy atom. The largest absolute Gasteiger partial charge is 0.394 e. The van der Waals surface area contributed by atoms with Gasteiger partial charge in [0.2, 0.25) is 0 Å². The standard InChI is InChI=1S/C8H14O6/c1-3-12-7-6(11)5(10)4(2-9)14-8(7)13-3/h3-11H,2H2,1H3/t3?,4-,5-,6+,7+,8-/m1/s1. The SMILES string of the molecule is CC1O[C@@H]2O[C@H](CO)[C@@H](O)[C@H](O)[C@@H]2O1. The Morgan fingerprint density at radius 2 is 1.79 bits per heavy atom. The number of hydrogen-bond acceptors (Lipinski definition) is 6. The third-order valence-electron chi connectivity index (χ3n) is 2.50. The highest BCUT2D eigenvalue weighted by atomic mass is 16.8. The van der Waals surface area contributed by atoms with Crippen molar-refractivity contribution >= 4 is 0 Å². The van der Waals surface area contributed by atoms with Gasteiger partial charge < -0.3 is 29.5 Å². The van der Waals surface area contributed by atoms with Crippen molar-refractivity contribution in [2.45, 2.75) is 43.9 Å². The Bertz CT molecular complexity index is 208. The summed E-state index contributed by atoms with van der Waals surface area (Å²) in [6, 6.07) is 0. The number of fused-ring (bicyclic) bond motifs is 1. The van der Waals surface area contributed by atoms with Gasteiger partial charge in [-0.1, -0.05) is 0 Å². The van der Waals surface area contributed by atoms with E-state index in [-0.39, 0.29) is 6.61 Å². The summed E-state index contributed by atoms with van der Waals surface area (Å²) < 4.78 is 15.6. The maximum Gasteiger partial charge on any atom is 0.190 e. The molecule has 2 rings (SSSR count). The predicted octanol–water partition coefficient (Wildman–Crippen LogP) is -1.81. The van der Waals surface area contributed by atoms with E-state index in [1.54, 1.807) is 6.92 Å². The Morgan fingerprint density at radius 3 is 2.43 bits per heavy atom. The van der Waals surface area contributed by atoms with Crippen LogP contribution in [-0.2, 0) is 14.2 Å². The van der Waals surface area contributed by atoms with Crippen LogP contribution in [0.25, 0.3) is 0 Å². The van der Waals surface area contributed by atoms with Crippen molar-refractivity contribution in [3.63, 3.8) is 0 Å². The number of hydrogen-bond donors (Lipinski definition) is 3. The zero-order valence-corrected chi connectivity index (χ0v) is 7.74. The molecule has 0 aromatic carbocycles. The van der Waals surface area contributed by atoms with Crippen LogP contribution in [0, 0.1) is 0 Å². The van der Waals surface area contributed by atoms with Crippen LogP contribution in [0.15, 0.2) is 0 Å². The first kappa shape index (κ1) is 10.3. The summed E-state index contributed by atoms with van der Waals surface area (Å²) >= 11 is 0. The van der Waals surface area contributed by atoms with Crippen molar-refractivity contribution < 1.29 is 29.5 Å². The van der Waals surface area contributed by atoms with Crippen LogP contribution in [0.3, 0.4) is 0 Å². The summed E-state index contributed by atoms with van der Waals surface area (Å²) in [5.74, 6) is 0. The molecule has 0 aromatic rings. The van der Waals surface area contributed by atoms with Crippen molar-refractivity contribution in [3.05, 3.63) is 0 Å². The topological polar surface area (TPSA) is 88.4 Å². The van der Waals surface area contributed by atoms with Gasteiger partial charge in [-0.25, -0.2) is 0 Å². The summed E-state index contributed by atoms with van der Waals surface area (Å²) in [6.07, 6.45) is -4.90. The highest BCUT2D eigenvalue weighted by Gasteiger charge is 2.50. The van der Waals surface area contributed by atoms with Gasteiger partial charge in [0.25, 0.3) is 0 Å². The molecule has 6 nitrogen and oxygen atoms in total. The molecule has 2 heterocycles. The van der Waals surface area contributed by atoms with Gasteiger partial charge in [0, 0.05) is 0 Å². The Hall–Kier alpha value is -0.240. The molecule has 0 aliphatic carbocycles. The van der Waals surface area contributed by atoms with E-state index in [1.807, 2.05) is 0 Å². The van der Waals surface area contributed by atoms with Crippen LogP contribution in [0.5, 0.6) is 0 Å². The number of rotatable bonds is 1. The molecular weight excluding hydrogens is 192 g/mol. The Labute approximate surface area is 81.0 Å². The molecule has 2 aliphatic heterocycles. The van der Waals surface area contributed by atoms with Crippen molar-refractivity contribution in [2.24, 2.45) is 0 Å². The van der Waals surface area contributed by atoms with E-state index in [4.69, 9.17) is 19.3 Å². The van der Waals surface area contributed by atoms with Crippen LogP contribution < -0.4 is 0 Å². The molecule has 0 bridgehead atoms. The van der Waals surface area contributed by atoms with Crippen molar-refractivity contribution in [1.29, 1.82) is 0 Å². The van der Waals surface area contributed by atoms with Crippen LogP contribution >= 0.6 is 0 Å². The fourth-order valence-corrected chi connectivity index (χ4v) is 1.75. The smallest absolute Gasteiger partial charge is 0.190 e. The van der Waals surface area contributed by atoms with E-state index in [2.05, 4.69) is 0 Å². The molecule has 2 aliphatic rings. The van der Waals surface area contributed by atoms with Crippen LogP contribution in [0.4, 0.5) is 0 Å². The lowest BCUT2D eigenvalue weighted by Crippen LogP contribution is -2.57. The van der Waals surface area contributed by atoms with E-state index in [0.29, 0.717) is 0 Å². The van der Waals surface area contributed by atoms with E-state index < -0.39 is 37.0 Å². The van der Waals surface area contributed by atoms with Crippen molar-refractivity contribution in [1.82, 2.24) is 0 Å². The molecular formula is C8H14O6. The Balaban J connectivity index is 2.09. The van der Waals surface area contributed by atoms with Gasteiger partial charge in [-0.05, 0) is 6.92 Å². The van der Waals surface area contributed by atoms with E-state index >= 15 is 0 Å². The minimum atomic E-state index is -1.14. The maximum absolute atomic E-state index is 9.62. The minimum absolute atomic E-state index is 0.362. The summed E-state index contributed by atoms with van der Waals surface area (Å²) in [4.78, 5) is 0. The zero-order chi connectivity index (χ0) is 10.3. The fourth-order valence-electron chi connectivity index (χ4n) is 1.75. The number of aliphatic hydroxyl groups excluding tert-OH is 3. The van der Waals surface area contributed by atoms with Gasteiger partial charge in [0.05, 0.1) is 6.61 Å². The summed E-state index contributed by atoms with van der Waals surface area (Å²) in [6.45, 7) is 1.31. The first-order valence-electron chi connectivity index (χ1n) is 4.57. The normalized spacial score (nSPS) is 53.1. The fraction of sp³-hybridized carbons (Fsp3) is 1.00. The van der Waals surface area contributed by atoms with Crippen molar-refractivity contribution in [3.8, 4) is 0 Å². The minimum Gasteiger partial charge on any atom is -0.394 e. The van der Waals surface area contributed by atoms with Crippen LogP contribution in [-0.4, -0.2) is 58.9 Å². The van der Waals surface area contributed by atoms with Gasteiger partial charge in [-0.3, -0.25) is 0 Å². The first-order valence-corrected chi connectivity index (χ1v) is 4.57. The summed E-state index contributed by atoms with van der Waals surface area (Å²) in [5, 5.41) is 28.0. The van der Waals surface area contributed by atoms with Crippen LogP contribution in [0.1, 0.15) is 6.92 Å². The monoisotopic (exact) mass is 206 g/mol. The molecule has 0 saturated carbocycles. The lowest BCUT2D eigenvalue weighted by atomic mass is 9.99. The average molecular weight is 206 g/mol. The van der Waals surface area contributed by atoms with Gasteiger partial charge in [0.1, 0.15) is 24.4 Å². The molecule has 82 valence electrons. The quantitative estimate of drug-likeness (QED) is 0.468. The van der Waals surface area contributed by atoms with E-state index in [9.17, 15) is 10.2 Å². The summed E-state index contributed by atoms with van der Waals surface area (Å²) in [5.41, 5.74) is 0. The second-order valence-electron chi connectivity index (χ2n) is 3.51.